The number of rotatable bonds is 0. The number of hydrogen-bond acceptors (Lipinski definition) is 0. The van der Waals surface area contributed by atoms with Gasteiger partial charge in [0.25, 0.3) is 0 Å². The van der Waals surface area contributed by atoms with E-state index in [2.05, 4.69) is 75.6 Å². The zero-order valence-corrected chi connectivity index (χ0v) is 11.4. The van der Waals surface area contributed by atoms with E-state index in [0.717, 1.165) is 18.4 Å². The van der Waals surface area contributed by atoms with Crippen molar-refractivity contribution < 1.29 is 0 Å². The number of hydrogen-bond donors (Lipinski definition) is 0. The zero-order valence-electron chi connectivity index (χ0n) is 11.4. The molecule has 0 aromatic rings. The van der Waals surface area contributed by atoms with Gasteiger partial charge in [-0.25, -0.2) is 0 Å². The summed E-state index contributed by atoms with van der Waals surface area (Å²) in [7, 11) is 0. The maximum atomic E-state index is 4.07. The highest BCUT2D eigenvalue weighted by atomic mass is 14.0. The molecule has 0 N–H and O–H groups in total. The van der Waals surface area contributed by atoms with Crippen molar-refractivity contribution in [3.05, 3.63) is 84.1 Å². The maximum absolute atomic E-state index is 4.07. The van der Waals surface area contributed by atoms with Crippen LogP contribution in [0.2, 0.25) is 0 Å². The third kappa shape index (κ3) is 6.05. The van der Waals surface area contributed by atoms with Crippen LogP contribution in [0.1, 0.15) is 26.7 Å². The van der Waals surface area contributed by atoms with E-state index in [9.17, 15) is 0 Å². The Kier molecular flexibility index (Phi) is 5.93. The average molecular weight is 238 g/mol. The van der Waals surface area contributed by atoms with Crippen molar-refractivity contribution in [3.63, 3.8) is 0 Å². The maximum Gasteiger partial charge on any atom is -0.0250 e. The molecule has 1 aliphatic rings. The smallest absolute Gasteiger partial charge is 0.0250 e. The lowest BCUT2D eigenvalue weighted by Crippen LogP contribution is -1.79. The molecular formula is C18H22. The molecule has 0 spiro atoms. The van der Waals surface area contributed by atoms with E-state index in [0.29, 0.717) is 0 Å². The minimum absolute atomic E-state index is 0.994. The normalized spacial score (nSPS) is 26.6. The van der Waals surface area contributed by atoms with E-state index in [-0.39, 0.29) is 0 Å². The van der Waals surface area contributed by atoms with E-state index >= 15 is 0 Å². The molecule has 1 rings (SSSR count). The predicted octanol–water partition coefficient (Wildman–Crippen LogP) is 5.45. The molecule has 1 aliphatic carbocycles. The van der Waals surface area contributed by atoms with Crippen LogP contribution in [0.4, 0.5) is 0 Å². The molecule has 0 heteroatoms. The van der Waals surface area contributed by atoms with Crippen LogP contribution in [-0.4, -0.2) is 0 Å². The van der Waals surface area contributed by atoms with Crippen LogP contribution in [0.15, 0.2) is 84.1 Å². The average Bonchev–Trinajstić information content (AvgIpc) is 2.29. The molecule has 0 aromatic heterocycles. The Morgan fingerprint density at radius 3 is 2.17 bits per heavy atom. The highest BCUT2D eigenvalue weighted by molar-refractivity contribution is 5.36. The van der Waals surface area contributed by atoms with Gasteiger partial charge in [-0.3, -0.25) is 0 Å². The van der Waals surface area contributed by atoms with Crippen molar-refractivity contribution in [2.45, 2.75) is 26.7 Å². The molecule has 0 aromatic carbocycles. The Hall–Kier alpha value is -1.82. The third-order valence-electron chi connectivity index (χ3n) is 2.64. The van der Waals surface area contributed by atoms with E-state index in [4.69, 9.17) is 0 Å². The standard InChI is InChI=1S/C18H22/c1-15-9-5-6-11-17(3)14-18(4)12-8-7-10-16(2)13-15/h5,7-10,12-14H,1,3,6,11H2,2,4H3/b9-5-,10-7+,12-8-,16-13?,18-14+. The predicted molar refractivity (Wildman–Crippen MR) is 82.4 cm³/mol. The Balaban J connectivity index is 2.92. The fraction of sp³-hybridized carbons (Fsp3) is 0.222. The Labute approximate surface area is 111 Å². The molecule has 0 nitrogen and oxygen atoms in total. The summed E-state index contributed by atoms with van der Waals surface area (Å²) < 4.78 is 0. The van der Waals surface area contributed by atoms with Crippen LogP contribution in [0.3, 0.4) is 0 Å². The van der Waals surface area contributed by atoms with E-state index in [1.165, 1.54) is 16.7 Å². The summed E-state index contributed by atoms with van der Waals surface area (Å²) in [5.74, 6) is 0. The monoisotopic (exact) mass is 238 g/mol. The topological polar surface area (TPSA) is 0 Å². The van der Waals surface area contributed by atoms with Gasteiger partial charge in [0.15, 0.2) is 0 Å². The van der Waals surface area contributed by atoms with Crippen molar-refractivity contribution in [2.75, 3.05) is 0 Å². The van der Waals surface area contributed by atoms with Crippen LogP contribution in [-0.2, 0) is 0 Å². The minimum Gasteiger partial charge on any atom is -0.0958 e. The molecule has 0 unspecified atom stereocenters. The molecular weight excluding hydrogens is 216 g/mol. The fourth-order valence-electron chi connectivity index (χ4n) is 1.75. The Morgan fingerprint density at radius 1 is 0.889 bits per heavy atom. The summed E-state index contributed by atoms with van der Waals surface area (Å²) in [6.07, 6.45) is 18.8. The van der Waals surface area contributed by atoms with Gasteiger partial charge in [0, 0.05) is 0 Å². The van der Waals surface area contributed by atoms with Gasteiger partial charge in [-0.15, -0.1) is 0 Å². The van der Waals surface area contributed by atoms with Crippen molar-refractivity contribution >= 4 is 0 Å². The molecule has 0 amide bonds. The van der Waals surface area contributed by atoms with E-state index in [1.54, 1.807) is 0 Å². The van der Waals surface area contributed by atoms with Gasteiger partial charge in [0.1, 0.15) is 0 Å². The van der Waals surface area contributed by atoms with Gasteiger partial charge in [-0.1, -0.05) is 78.5 Å². The van der Waals surface area contributed by atoms with E-state index < -0.39 is 0 Å². The molecule has 0 heterocycles. The largest absolute Gasteiger partial charge is 0.0958 e. The van der Waals surface area contributed by atoms with Crippen LogP contribution >= 0.6 is 0 Å². The number of allylic oxidation sites excluding steroid dienone is 12. The van der Waals surface area contributed by atoms with Crippen molar-refractivity contribution in [1.82, 2.24) is 0 Å². The van der Waals surface area contributed by atoms with Crippen molar-refractivity contribution in [1.29, 1.82) is 0 Å². The lowest BCUT2D eigenvalue weighted by Gasteiger charge is -1.99. The summed E-state index contributed by atoms with van der Waals surface area (Å²) >= 11 is 0. The second-order valence-electron chi connectivity index (χ2n) is 4.67. The van der Waals surface area contributed by atoms with Crippen molar-refractivity contribution in [2.24, 2.45) is 0 Å². The molecule has 0 saturated carbocycles. The second-order valence-corrected chi connectivity index (χ2v) is 4.67. The summed E-state index contributed by atoms with van der Waals surface area (Å²) in [6.45, 7) is 12.3. The first kappa shape index (κ1) is 14.2. The lowest BCUT2D eigenvalue weighted by molar-refractivity contribution is 1.01. The third-order valence-corrected chi connectivity index (χ3v) is 2.64. The zero-order chi connectivity index (χ0) is 13.4. The van der Waals surface area contributed by atoms with Crippen LogP contribution in [0, 0.1) is 0 Å². The fourth-order valence-corrected chi connectivity index (χ4v) is 1.75. The molecule has 0 fully saturated rings. The van der Waals surface area contributed by atoms with Crippen LogP contribution < -0.4 is 0 Å². The summed E-state index contributed by atoms with van der Waals surface area (Å²) in [4.78, 5) is 0. The first-order valence-electron chi connectivity index (χ1n) is 6.32. The first-order chi connectivity index (χ1) is 8.58. The summed E-state index contributed by atoms with van der Waals surface area (Å²) in [5.41, 5.74) is 4.64. The highest BCUT2D eigenvalue weighted by Crippen LogP contribution is 2.11. The Bertz CT molecular complexity index is 462. The molecule has 0 radical (unpaired) electrons. The van der Waals surface area contributed by atoms with Gasteiger partial charge in [-0.2, -0.15) is 0 Å². The van der Waals surface area contributed by atoms with E-state index in [1.807, 2.05) is 0 Å². The molecule has 0 atom stereocenters. The van der Waals surface area contributed by atoms with Gasteiger partial charge in [-0.05, 0) is 32.3 Å². The molecule has 0 bridgehead atoms. The first-order valence-corrected chi connectivity index (χ1v) is 6.32. The van der Waals surface area contributed by atoms with Gasteiger partial charge in [0.05, 0.1) is 0 Å². The van der Waals surface area contributed by atoms with Crippen LogP contribution in [0.25, 0.3) is 0 Å². The molecule has 94 valence electrons. The van der Waals surface area contributed by atoms with Gasteiger partial charge < -0.3 is 0 Å². The lowest BCUT2D eigenvalue weighted by atomic mass is 10.1. The Morgan fingerprint density at radius 2 is 1.50 bits per heavy atom. The molecule has 0 aliphatic heterocycles. The molecule has 0 saturated heterocycles. The SMILES string of the molecule is C=C1C=C(C)/C=C/C=C\C(C)=C\C(=C)CC/C=C\1. The summed E-state index contributed by atoms with van der Waals surface area (Å²) in [5, 5.41) is 0. The van der Waals surface area contributed by atoms with Gasteiger partial charge in [0.2, 0.25) is 0 Å². The summed E-state index contributed by atoms with van der Waals surface area (Å²) in [6, 6.07) is 0. The van der Waals surface area contributed by atoms with Gasteiger partial charge >= 0.3 is 0 Å². The highest BCUT2D eigenvalue weighted by Gasteiger charge is 1.91. The minimum atomic E-state index is 0.994. The molecule has 18 heavy (non-hydrogen) atoms. The quantitative estimate of drug-likeness (QED) is 0.526. The van der Waals surface area contributed by atoms with Crippen LogP contribution in [0.5, 0.6) is 0 Å². The second kappa shape index (κ2) is 7.50. The van der Waals surface area contributed by atoms with Crippen molar-refractivity contribution in [3.8, 4) is 0 Å².